The van der Waals surface area contributed by atoms with Crippen LogP contribution in [0.2, 0.25) is 0 Å². The number of sulfone groups is 1. The van der Waals surface area contributed by atoms with Crippen LogP contribution in [0.25, 0.3) is 0 Å². The molecule has 0 bridgehead atoms. The molecule has 0 unspecified atom stereocenters. The Morgan fingerprint density at radius 2 is 1.55 bits per heavy atom. The standard InChI is InChI=1S/C19H22O2S/c1-15-10-12-17(13-11-15)19(3,4)14-16(2)22(20,21)18-8-6-5-7-9-18/h5-13H,2,14H2,1,3-4H3. The summed E-state index contributed by atoms with van der Waals surface area (Å²) in [5, 5.41) is 0. The van der Waals surface area contributed by atoms with Gasteiger partial charge in [0.25, 0.3) is 0 Å². The van der Waals surface area contributed by atoms with E-state index in [1.165, 1.54) is 5.56 Å². The zero-order chi connectivity index (χ0) is 16.4. The summed E-state index contributed by atoms with van der Waals surface area (Å²) in [5.74, 6) is 0. The predicted octanol–water partition coefficient (Wildman–Crippen LogP) is 4.65. The van der Waals surface area contributed by atoms with Crippen LogP contribution in [0.15, 0.2) is 71.0 Å². The van der Waals surface area contributed by atoms with Gasteiger partial charge in [-0.05, 0) is 36.5 Å². The lowest BCUT2D eigenvalue weighted by molar-refractivity contribution is 0.522. The number of hydrogen-bond acceptors (Lipinski definition) is 2. The van der Waals surface area contributed by atoms with E-state index in [1.54, 1.807) is 30.3 Å². The van der Waals surface area contributed by atoms with Crippen LogP contribution >= 0.6 is 0 Å². The number of hydrogen-bond donors (Lipinski definition) is 0. The van der Waals surface area contributed by atoms with Crippen molar-refractivity contribution in [1.29, 1.82) is 0 Å². The van der Waals surface area contributed by atoms with E-state index >= 15 is 0 Å². The van der Waals surface area contributed by atoms with Crippen LogP contribution in [0.4, 0.5) is 0 Å². The molecule has 0 heterocycles. The van der Waals surface area contributed by atoms with E-state index in [-0.39, 0.29) is 10.3 Å². The van der Waals surface area contributed by atoms with Crippen LogP contribution in [0.1, 0.15) is 31.4 Å². The summed E-state index contributed by atoms with van der Waals surface area (Å²) < 4.78 is 25.2. The molecule has 0 aliphatic carbocycles. The molecule has 3 heteroatoms. The fourth-order valence-corrected chi connectivity index (χ4v) is 3.86. The van der Waals surface area contributed by atoms with Crippen LogP contribution in [-0.2, 0) is 15.3 Å². The molecular weight excluding hydrogens is 292 g/mol. The maximum atomic E-state index is 12.6. The van der Waals surface area contributed by atoms with E-state index in [2.05, 4.69) is 18.7 Å². The van der Waals surface area contributed by atoms with Gasteiger partial charge in [0.2, 0.25) is 9.84 Å². The maximum absolute atomic E-state index is 12.6. The molecule has 22 heavy (non-hydrogen) atoms. The van der Waals surface area contributed by atoms with Gasteiger partial charge in [-0.3, -0.25) is 0 Å². The first kappa shape index (κ1) is 16.5. The van der Waals surface area contributed by atoms with Gasteiger partial charge in [-0.25, -0.2) is 8.42 Å². The summed E-state index contributed by atoms with van der Waals surface area (Å²) in [6, 6.07) is 16.7. The highest BCUT2D eigenvalue weighted by Crippen LogP contribution is 2.33. The minimum atomic E-state index is -3.48. The van der Waals surface area contributed by atoms with Gasteiger partial charge in [0, 0.05) is 4.91 Å². The average molecular weight is 314 g/mol. The van der Waals surface area contributed by atoms with Crippen LogP contribution in [0.5, 0.6) is 0 Å². The third-order valence-electron chi connectivity index (χ3n) is 3.91. The molecule has 2 nitrogen and oxygen atoms in total. The molecule has 0 aliphatic heterocycles. The van der Waals surface area contributed by atoms with Gasteiger partial charge in [0.05, 0.1) is 4.90 Å². The molecule has 0 spiro atoms. The number of allylic oxidation sites excluding steroid dienone is 1. The summed E-state index contributed by atoms with van der Waals surface area (Å²) >= 11 is 0. The van der Waals surface area contributed by atoms with E-state index in [4.69, 9.17) is 0 Å². The summed E-state index contributed by atoms with van der Waals surface area (Å²) in [5.41, 5.74) is 2.02. The van der Waals surface area contributed by atoms with Gasteiger partial charge in [0.1, 0.15) is 0 Å². The summed E-state index contributed by atoms with van der Waals surface area (Å²) in [6.45, 7) is 9.97. The van der Waals surface area contributed by atoms with Gasteiger partial charge in [-0.2, -0.15) is 0 Å². The maximum Gasteiger partial charge on any atom is 0.202 e. The van der Waals surface area contributed by atoms with Crippen molar-refractivity contribution >= 4 is 9.84 Å². The highest BCUT2D eigenvalue weighted by atomic mass is 32.2. The Labute approximate surface area is 133 Å². The SMILES string of the molecule is C=C(CC(C)(C)c1ccc(C)cc1)S(=O)(=O)c1ccccc1. The van der Waals surface area contributed by atoms with E-state index < -0.39 is 9.84 Å². The molecule has 116 valence electrons. The van der Waals surface area contributed by atoms with Crippen molar-refractivity contribution in [1.82, 2.24) is 0 Å². The number of aryl methyl sites for hydroxylation is 1. The highest BCUT2D eigenvalue weighted by molar-refractivity contribution is 7.95. The first-order chi connectivity index (χ1) is 10.2. The fourth-order valence-electron chi connectivity index (χ4n) is 2.46. The summed E-state index contributed by atoms with van der Waals surface area (Å²) in [4.78, 5) is 0.559. The Balaban J connectivity index is 2.26. The zero-order valence-corrected chi connectivity index (χ0v) is 14.2. The second-order valence-electron chi connectivity index (χ2n) is 6.28. The molecule has 2 rings (SSSR count). The van der Waals surface area contributed by atoms with Crippen LogP contribution in [0.3, 0.4) is 0 Å². The Hall–Kier alpha value is -1.87. The Morgan fingerprint density at radius 1 is 1.00 bits per heavy atom. The van der Waals surface area contributed by atoms with Gasteiger partial charge in [-0.1, -0.05) is 68.5 Å². The van der Waals surface area contributed by atoms with Crippen LogP contribution in [-0.4, -0.2) is 8.42 Å². The molecule has 0 amide bonds. The van der Waals surface area contributed by atoms with Crippen molar-refractivity contribution in [3.05, 3.63) is 77.2 Å². The second kappa shape index (κ2) is 6.09. The normalized spacial score (nSPS) is 12.1. The molecule has 0 N–H and O–H groups in total. The summed E-state index contributed by atoms with van der Waals surface area (Å²) in [6.07, 6.45) is 0.396. The molecular formula is C19H22O2S. The Kier molecular flexibility index (Phi) is 4.57. The lowest BCUT2D eigenvalue weighted by atomic mass is 9.81. The van der Waals surface area contributed by atoms with Crippen LogP contribution < -0.4 is 0 Å². The van der Waals surface area contributed by atoms with E-state index in [1.807, 2.05) is 32.9 Å². The second-order valence-corrected chi connectivity index (χ2v) is 8.34. The Morgan fingerprint density at radius 3 is 2.09 bits per heavy atom. The monoisotopic (exact) mass is 314 g/mol. The molecule has 0 aromatic heterocycles. The summed E-state index contributed by atoms with van der Waals surface area (Å²) in [7, 11) is -3.48. The van der Waals surface area contributed by atoms with Gasteiger partial charge < -0.3 is 0 Å². The van der Waals surface area contributed by atoms with Crippen LogP contribution in [0, 0.1) is 6.92 Å². The quantitative estimate of drug-likeness (QED) is 0.805. The molecule has 2 aromatic carbocycles. The van der Waals surface area contributed by atoms with Crippen molar-refractivity contribution in [3.8, 4) is 0 Å². The predicted molar refractivity (Wildman–Crippen MR) is 91.6 cm³/mol. The van der Waals surface area contributed by atoms with Crippen molar-refractivity contribution < 1.29 is 8.42 Å². The minimum Gasteiger partial charge on any atom is -0.219 e. The number of benzene rings is 2. The third kappa shape index (κ3) is 3.47. The lowest BCUT2D eigenvalue weighted by Gasteiger charge is -2.26. The van der Waals surface area contributed by atoms with Crippen molar-refractivity contribution in [2.45, 2.75) is 37.5 Å². The topological polar surface area (TPSA) is 34.1 Å². The molecule has 0 aliphatic rings. The average Bonchev–Trinajstić information content (AvgIpc) is 2.48. The molecule has 0 saturated heterocycles. The number of rotatable bonds is 5. The minimum absolute atomic E-state index is 0.254. The lowest BCUT2D eigenvalue weighted by Crippen LogP contribution is -2.20. The Bertz CT molecular complexity index is 755. The zero-order valence-electron chi connectivity index (χ0n) is 13.3. The van der Waals surface area contributed by atoms with Gasteiger partial charge >= 0.3 is 0 Å². The largest absolute Gasteiger partial charge is 0.219 e. The molecule has 0 radical (unpaired) electrons. The van der Waals surface area contributed by atoms with Crippen molar-refractivity contribution in [2.75, 3.05) is 0 Å². The molecule has 2 aromatic rings. The van der Waals surface area contributed by atoms with Crippen molar-refractivity contribution in [2.24, 2.45) is 0 Å². The third-order valence-corrected chi connectivity index (χ3v) is 5.70. The molecule has 0 atom stereocenters. The first-order valence-electron chi connectivity index (χ1n) is 7.28. The smallest absolute Gasteiger partial charge is 0.202 e. The van der Waals surface area contributed by atoms with Crippen molar-refractivity contribution in [3.63, 3.8) is 0 Å². The fraction of sp³-hybridized carbons (Fsp3) is 0.263. The van der Waals surface area contributed by atoms with E-state index in [9.17, 15) is 8.42 Å². The first-order valence-corrected chi connectivity index (χ1v) is 8.77. The molecule has 0 fully saturated rings. The molecule has 0 saturated carbocycles. The van der Waals surface area contributed by atoms with Gasteiger partial charge in [0.15, 0.2) is 0 Å². The van der Waals surface area contributed by atoms with Gasteiger partial charge in [-0.15, -0.1) is 0 Å². The van der Waals surface area contributed by atoms with E-state index in [0.717, 1.165) is 5.56 Å². The van der Waals surface area contributed by atoms with E-state index in [0.29, 0.717) is 11.3 Å². The highest BCUT2D eigenvalue weighted by Gasteiger charge is 2.27.